The van der Waals surface area contributed by atoms with Gasteiger partial charge >= 0.3 is 5.69 Å². The number of hydrogen-bond acceptors (Lipinski definition) is 7. The molecule has 2 saturated heterocycles. The van der Waals surface area contributed by atoms with Crippen LogP contribution in [0.3, 0.4) is 0 Å². The van der Waals surface area contributed by atoms with E-state index in [1.54, 1.807) is 18.3 Å². The van der Waals surface area contributed by atoms with Crippen molar-refractivity contribution in [2.45, 2.75) is 69.4 Å². The summed E-state index contributed by atoms with van der Waals surface area (Å²) in [4.78, 5) is 25.5. The second-order valence-electron chi connectivity index (χ2n) is 8.94. The van der Waals surface area contributed by atoms with Crippen LogP contribution in [0.25, 0.3) is 0 Å². The van der Waals surface area contributed by atoms with Crippen molar-refractivity contribution in [3.63, 3.8) is 0 Å². The van der Waals surface area contributed by atoms with Gasteiger partial charge in [-0.2, -0.15) is 13.5 Å². The first-order valence-electron chi connectivity index (χ1n) is 10.4. The molecule has 0 spiro atoms. The molecule has 1 aromatic rings. The Balaban J connectivity index is 0.00000289. The molecule has 0 aromatic carbocycles. The summed E-state index contributed by atoms with van der Waals surface area (Å²) in [6.07, 6.45) is 1.07. The first kappa shape index (κ1) is 26.2. The summed E-state index contributed by atoms with van der Waals surface area (Å²) < 4.78 is 34.1. The minimum atomic E-state index is -2.60. The van der Waals surface area contributed by atoms with Gasteiger partial charge in [0.1, 0.15) is 0 Å². The number of fused-ring (bicyclic) bond motifs is 1. The molecule has 0 amide bonds. The predicted molar refractivity (Wildman–Crippen MR) is 133 cm³/mol. The number of H-pyrrole nitrogens is 1. The van der Waals surface area contributed by atoms with E-state index >= 15 is 0 Å². The molecule has 32 heavy (non-hydrogen) atoms. The molecule has 0 radical (unpaired) electrons. The lowest BCUT2D eigenvalue weighted by molar-refractivity contribution is -0.0385. The predicted octanol–water partition coefficient (Wildman–Crippen LogP) is 4.03. The van der Waals surface area contributed by atoms with Gasteiger partial charge in [0, 0.05) is 22.9 Å². The molecule has 3 fully saturated rings. The zero-order valence-electron chi connectivity index (χ0n) is 18.3. The molecule has 1 saturated carbocycles. The SMILES string of the molecule is C=C(C)[C@@H]1CC[C@]2(C)S[P@@](=S)(OC[C@H]3O[C@@H](n4ccc(=O)[nH]c4=O)[C@H](F)[C@@H]3C)O[C@H]2C1.S. The van der Waals surface area contributed by atoms with Crippen molar-refractivity contribution in [1.29, 1.82) is 0 Å². The average Bonchev–Trinajstić information content (AvgIpc) is 3.12. The standard InChI is InChI=1S/C20H28FN2O5PS2.H2S/c1-11(2)13-5-7-20(4)15(9-13)28-29(30,31-20)26-10-14-12(3)17(21)18(27-14)23-8-6-16(24)22-19(23)25;/h6,8,12-15,17-18H,1,5,7,9-10H2,2-4H3,(H,22,24,25);1H2/t12-,13-,14-,15+,17-,18-,20+,29+;/m1./s1. The van der Waals surface area contributed by atoms with Gasteiger partial charge in [0.15, 0.2) is 12.4 Å². The molecular formula is C20H30FN2O5PS3. The van der Waals surface area contributed by atoms with Crippen LogP contribution < -0.4 is 11.2 Å². The van der Waals surface area contributed by atoms with Gasteiger partial charge in [-0.1, -0.05) is 30.5 Å². The summed E-state index contributed by atoms with van der Waals surface area (Å²) in [5.41, 5.74) is -2.68. The van der Waals surface area contributed by atoms with Crippen molar-refractivity contribution >= 4 is 42.4 Å². The Hall–Kier alpha value is -0.420. The van der Waals surface area contributed by atoms with Gasteiger partial charge in [-0.3, -0.25) is 14.3 Å². The Labute approximate surface area is 202 Å². The maximum absolute atomic E-state index is 14.9. The Kier molecular flexibility index (Phi) is 7.92. The number of allylic oxidation sites excluding steroid dienone is 1. The molecule has 3 heterocycles. The summed E-state index contributed by atoms with van der Waals surface area (Å²) >= 11 is 7.39. The van der Waals surface area contributed by atoms with E-state index in [-0.39, 0.29) is 31.0 Å². The number of hydrogen-bond donors (Lipinski definition) is 1. The average molecular weight is 525 g/mol. The minimum absolute atomic E-state index is 0. The molecule has 2 aliphatic heterocycles. The number of aromatic nitrogens is 2. The molecule has 1 aliphatic carbocycles. The Morgan fingerprint density at radius 1 is 1.53 bits per heavy atom. The van der Waals surface area contributed by atoms with Crippen molar-refractivity contribution < 1.29 is 18.2 Å². The molecule has 180 valence electrons. The summed E-state index contributed by atoms with van der Waals surface area (Å²) in [6.45, 7) is 10.1. The van der Waals surface area contributed by atoms with Gasteiger partial charge in [-0.25, -0.2) is 9.18 Å². The summed E-state index contributed by atoms with van der Waals surface area (Å²) in [6, 6.07) is 1.17. The van der Waals surface area contributed by atoms with Crippen molar-refractivity contribution in [2.24, 2.45) is 11.8 Å². The maximum atomic E-state index is 14.9. The van der Waals surface area contributed by atoms with Gasteiger partial charge in [-0.05, 0) is 50.8 Å². The van der Waals surface area contributed by atoms with Gasteiger partial charge in [0.2, 0.25) is 5.69 Å². The van der Waals surface area contributed by atoms with Crippen molar-refractivity contribution in [3.8, 4) is 0 Å². The molecule has 1 N–H and O–H groups in total. The topological polar surface area (TPSA) is 82.5 Å². The quantitative estimate of drug-likeness (QED) is 0.460. The van der Waals surface area contributed by atoms with Crippen LogP contribution in [-0.2, 0) is 25.6 Å². The summed E-state index contributed by atoms with van der Waals surface area (Å²) in [5.74, 6) is -0.0780. The first-order valence-corrected chi connectivity index (χ1v) is 14.5. The minimum Gasteiger partial charge on any atom is -0.349 e. The molecule has 3 aliphatic rings. The van der Waals surface area contributed by atoms with Crippen molar-refractivity contribution in [3.05, 3.63) is 45.3 Å². The number of halogens is 1. The summed E-state index contributed by atoms with van der Waals surface area (Å²) in [7, 11) is 0. The lowest BCUT2D eigenvalue weighted by Crippen LogP contribution is -2.39. The molecule has 12 heteroatoms. The van der Waals surface area contributed by atoms with E-state index in [0.29, 0.717) is 5.92 Å². The van der Waals surface area contributed by atoms with E-state index in [1.807, 2.05) is 0 Å². The van der Waals surface area contributed by atoms with Crippen LogP contribution in [0.15, 0.2) is 34.0 Å². The van der Waals surface area contributed by atoms with E-state index in [0.717, 1.165) is 23.8 Å². The van der Waals surface area contributed by atoms with Crippen LogP contribution in [-0.4, -0.2) is 39.3 Å². The lowest BCUT2D eigenvalue weighted by atomic mass is 9.77. The Morgan fingerprint density at radius 3 is 2.91 bits per heavy atom. The van der Waals surface area contributed by atoms with E-state index in [2.05, 4.69) is 25.4 Å². The molecule has 4 rings (SSSR count). The van der Waals surface area contributed by atoms with E-state index < -0.39 is 41.4 Å². The third kappa shape index (κ3) is 4.99. The van der Waals surface area contributed by atoms with Crippen LogP contribution in [0.2, 0.25) is 0 Å². The highest BCUT2D eigenvalue weighted by molar-refractivity contribution is 8.68. The monoisotopic (exact) mass is 524 g/mol. The van der Waals surface area contributed by atoms with Crippen molar-refractivity contribution in [1.82, 2.24) is 9.55 Å². The molecular weight excluding hydrogens is 494 g/mol. The second-order valence-corrected chi connectivity index (χ2v) is 15.5. The fourth-order valence-electron chi connectivity index (χ4n) is 4.49. The van der Waals surface area contributed by atoms with Crippen molar-refractivity contribution in [2.75, 3.05) is 6.61 Å². The number of aromatic amines is 1. The highest BCUT2D eigenvalue weighted by Gasteiger charge is 2.54. The number of ether oxygens (including phenoxy) is 1. The summed E-state index contributed by atoms with van der Waals surface area (Å²) in [5, 5.41) is 0. The Bertz CT molecular complexity index is 1030. The van der Waals surface area contributed by atoms with Crippen LogP contribution in [0, 0.1) is 11.8 Å². The highest BCUT2D eigenvalue weighted by atomic mass is 32.9. The normalized spacial score (nSPS) is 41.1. The first-order chi connectivity index (χ1) is 14.5. The fraction of sp³-hybridized carbons (Fsp3) is 0.700. The van der Waals surface area contributed by atoms with E-state index in [4.69, 9.17) is 25.6 Å². The number of alkyl halides is 1. The zero-order chi connectivity index (χ0) is 22.6. The van der Waals surface area contributed by atoms with Crippen LogP contribution in [0.1, 0.15) is 46.3 Å². The zero-order valence-corrected chi connectivity index (χ0v) is 21.8. The lowest BCUT2D eigenvalue weighted by Gasteiger charge is -2.37. The number of nitrogens with zero attached hydrogens (tertiary/aromatic N) is 1. The van der Waals surface area contributed by atoms with Gasteiger partial charge in [-0.15, -0.1) is 0 Å². The smallest absolute Gasteiger partial charge is 0.330 e. The molecule has 1 aromatic heterocycles. The molecule has 8 atom stereocenters. The van der Waals surface area contributed by atoms with E-state index in [9.17, 15) is 14.0 Å². The maximum Gasteiger partial charge on any atom is 0.330 e. The largest absolute Gasteiger partial charge is 0.349 e. The molecule has 0 bridgehead atoms. The Morgan fingerprint density at radius 2 is 2.25 bits per heavy atom. The van der Waals surface area contributed by atoms with Crippen LogP contribution >= 0.6 is 30.6 Å². The molecule has 0 unspecified atom stereocenters. The third-order valence-electron chi connectivity index (χ3n) is 6.64. The number of nitrogens with one attached hydrogen (secondary N) is 1. The highest BCUT2D eigenvalue weighted by Crippen LogP contribution is 2.75. The fourth-order valence-corrected chi connectivity index (χ4v) is 11.6. The van der Waals surface area contributed by atoms with Crippen LogP contribution in [0.4, 0.5) is 4.39 Å². The second kappa shape index (κ2) is 9.68. The van der Waals surface area contributed by atoms with Gasteiger partial charge in [0.05, 0.1) is 18.8 Å². The van der Waals surface area contributed by atoms with Gasteiger partial charge < -0.3 is 13.8 Å². The third-order valence-corrected chi connectivity index (χ3v) is 12.5. The van der Waals surface area contributed by atoms with Crippen LogP contribution in [0.5, 0.6) is 0 Å². The van der Waals surface area contributed by atoms with E-state index in [1.165, 1.54) is 17.8 Å². The number of rotatable bonds is 5. The molecule has 7 nitrogen and oxygen atoms in total. The van der Waals surface area contributed by atoms with Gasteiger partial charge in [0.25, 0.3) is 5.56 Å².